The molecule has 0 atom stereocenters. The summed E-state index contributed by atoms with van der Waals surface area (Å²) >= 11 is 0. The van der Waals surface area contributed by atoms with Gasteiger partial charge < -0.3 is 19.5 Å². The first-order valence-corrected chi connectivity index (χ1v) is 11.8. The van der Waals surface area contributed by atoms with Crippen LogP contribution in [-0.2, 0) is 4.79 Å². The van der Waals surface area contributed by atoms with E-state index in [1.54, 1.807) is 42.5 Å². The van der Waals surface area contributed by atoms with Crippen molar-refractivity contribution < 1.29 is 23.8 Å². The number of anilines is 1. The van der Waals surface area contributed by atoms with Crippen molar-refractivity contribution in [3.05, 3.63) is 83.4 Å². The monoisotopic (exact) mass is 489 g/mol. The second-order valence-corrected chi connectivity index (χ2v) is 7.91. The number of ether oxygens (including phenoxy) is 3. The van der Waals surface area contributed by atoms with Gasteiger partial charge in [0.15, 0.2) is 18.1 Å². The first-order chi connectivity index (χ1) is 17.5. The van der Waals surface area contributed by atoms with E-state index in [4.69, 9.17) is 14.2 Å². The zero-order valence-corrected chi connectivity index (χ0v) is 20.7. The molecular weight excluding hydrogens is 458 g/mol. The molecule has 0 heterocycles. The summed E-state index contributed by atoms with van der Waals surface area (Å²) < 4.78 is 16.8. The molecule has 8 nitrogen and oxygen atoms in total. The standard InChI is InChI=1S/C28H31N3O5/c1-4-16-35-25-15-10-22(17-26(25)34-5-2)28(33)31-29-18-21-8-13-24(14-9-21)36-19-27(32)30-23-11-6-20(3)7-12-23/h6-15,17-18H,4-5,16,19H2,1-3H3,(H,30,32)(H,31,33)/b29-18+. The van der Waals surface area contributed by atoms with Crippen molar-refractivity contribution in [2.24, 2.45) is 5.10 Å². The molecule has 0 spiro atoms. The van der Waals surface area contributed by atoms with E-state index in [0.717, 1.165) is 23.2 Å². The Labute approximate surface area is 211 Å². The van der Waals surface area contributed by atoms with Crippen molar-refractivity contribution in [1.82, 2.24) is 5.43 Å². The van der Waals surface area contributed by atoms with Gasteiger partial charge in [0.25, 0.3) is 11.8 Å². The molecule has 188 valence electrons. The van der Waals surface area contributed by atoms with Crippen molar-refractivity contribution in [1.29, 1.82) is 0 Å². The lowest BCUT2D eigenvalue weighted by molar-refractivity contribution is -0.118. The number of hydrazone groups is 1. The van der Waals surface area contributed by atoms with E-state index >= 15 is 0 Å². The summed E-state index contributed by atoms with van der Waals surface area (Å²) in [6.45, 7) is 6.80. The van der Waals surface area contributed by atoms with Crippen LogP contribution in [0.5, 0.6) is 17.2 Å². The van der Waals surface area contributed by atoms with E-state index in [1.807, 2.05) is 45.0 Å². The van der Waals surface area contributed by atoms with Gasteiger partial charge >= 0.3 is 0 Å². The fourth-order valence-corrected chi connectivity index (χ4v) is 3.11. The highest BCUT2D eigenvalue weighted by Crippen LogP contribution is 2.28. The molecule has 3 aromatic rings. The maximum absolute atomic E-state index is 12.5. The third kappa shape index (κ3) is 8.16. The molecule has 0 radical (unpaired) electrons. The van der Waals surface area contributed by atoms with Gasteiger partial charge in [0, 0.05) is 11.3 Å². The molecule has 0 aliphatic rings. The summed E-state index contributed by atoms with van der Waals surface area (Å²) in [6.07, 6.45) is 2.40. The molecule has 0 bridgehead atoms. The van der Waals surface area contributed by atoms with E-state index in [0.29, 0.717) is 36.0 Å². The predicted molar refractivity (Wildman–Crippen MR) is 140 cm³/mol. The van der Waals surface area contributed by atoms with Gasteiger partial charge in [-0.2, -0.15) is 5.10 Å². The van der Waals surface area contributed by atoms with Gasteiger partial charge in [-0.25, -0.2) is 5.43 Å². The zero-order valence-electron chi connectivity index (χ0n) is 20.7. The summed E-state index contributed by atoms with van der Waals surface area (Å²) in [5, 5.41) is 6.81. The van der Waals surface area contributed by atoms with Crippen molar-refractivity contribution in [2.75, 3.05) is 25.1 Å². The Balaban J connectivity index is 1.49. The van der Waals surface area contributed by atoms with Crippen molar-refractivity contribution in [3.63, 3.8) is 0 Å². The molecule has 0 aromatic heterocycles. The van der Waals surface area contributed by atoms with Crippen LogP contribution in [0.2, 0.25) is 0 Å². The highest BCUT2D eigenvalue weighted by Gasteiger charge is 2.11. The number of carbonyl (C=O) groups is 2. The number of hydrogen-bond donors (Lipinski definition) is 2. The van der Waals surface area contributed by atoms with Crippen LogP contribution >= 0.6 is 0 Å². The number of amides is 2. The summed E-state index contributed by atoms with van der Waals surface area (Å²) in [4.78, 5) is 24.6. The average molecular weight is 490 g/mol. The number of nitrogens with one attached hydrogen (secondary N) is 2. The Morgan fingerprint density at radius 2 is 1.64 bits per heavy atom. The van der Waals surface area contributed by atoms with Gasteiger partial charge in [-0.05, 0) is 80.4 Å². The van der Waals surface area contributed by atoms with Crippen LogP contribution < -0.4 is 25.0 Å². The SMILES string of the molecule is CCCOc1ccc(C(=O)N/N=C/c2ccc(OCC(=O)Nc3ccc(C)cc3)cc2)cc1OCC. The highest BCUT2D eigenvalue weighted by atomic mass is 16.5. The van der Waals surface area contributed by atoms with Crippen LogP contribution in [0.1, 0.15) is 41.8 Å². The summed E-state index contributed by atoms with van der Waals surface area (Å²) in [6, 6.07) is 19.6. The summed E-state index contributed by atoms with van der Waals surface area (Å²) in [5.41, 5.74) is 5.51. The largest absolute Gasteiger partial charge is 0.490 e. The molecule has 0 saturated heterocycles. The number of benzene rings is 3. The fraction of sp³-hybridized carbons (Fsp3) is 0.250. The van der Waals surface area contributed by atoms with Crippen LogP contribution in [0.15, 0.2) is 71.8 Å². The Bertz CT molecular complexity index is 1170. The van der Waals surface area contributed by atoms with E-state index < -0.39 is 0 Å². The molecule has 0 unspecified atom stereocenters. The first-order valence-electron chi connectivity index (χ1n) is 11.8. The Morgan fingerprint density at radius 1 is 0.889 bits per heavy atom. The highest BCUT2D eigenvalue weighted by molar-refractivity contribution is 5.95. The van der Waals surface area contributed by atoms with Gasteiger partial charge in [-0.3, -0.25) is 9.59 Å². The smallest absolute Gasteiger partial charge is 0.271 e. The van der Waals surface area contributed by atoms with Crippen molar-refractivity contribution >= 4 is 23.7 Å². The fourth-order valence-electron chi connectivity index (χ4n) is 3.11. The van der Waals surface area contributed by atoms with E-state index in [1.165, 1.54) is 6.21 Å². The third-order valence-electron chi connectivity index (χ3n) is 4.93. The lowest BCUT2D eigenvalue weighted by Crippen LogP contribution is -2.20. The lowest BCUT2D eigenvalue weighted by atomic mass is 10.2. The van der Waals surface area contributed by atoms with E-state index in [-0.39, 0.29) is 18.4 Å². The average Bonchev–Trinajstić information content (AvgIpc) is 2.89. The molecule has 8 heteroatoms. The van der Waals surface area contributed by atoms with Crippen molar-refractivity contribution in [2.45, 2.75) is 27.2 Å². The number of rotatable bonds is 12. The van der Waals surface area contributed by atoms with Gasteiger partial charge in [0.1, 0.15) is 5.75 Å². The molecule has 2 amide bonds. The molecule has 3 aromatic carbocycles. The van der Waals surface area contributed by atoms with Crippen LogP contribution in [-0.4, -0.2) is 37.8 Å². The summed E-state index contributed by atoms with van der Waals surface area (Å²) in [5.74, 6) is 1.06. The summed E-state index contributed by atoms with van der Waals surface area (Å²) in [7, 11) is 0. The Hall–Kier alpha value is -4.33. The number of aryl methyl sites for hydroxylation is 1. The number of nitrogens with zero attached hydrogens (tertiary/aromatic N) is 1. The van der Waals surface area contributed by atoms with E-state index in [2.05, 4.69) is 15.8 Å². The number of carbonyl (C=O) groups excluding carboxylic acids is 2. The minimum Gasteiger partial charge on any atom is -0.490 e. The minimum atomic E-state index is -0.367. The molecular formula is C28H31N3O5. The molecule has 2 N–H and O–H groups in total. The molecule has 3 rings (SSSR count). The zero-order chi connectivity index (χ0) is 25.8. The minimum absolute atomic E-state index is 0.108. The number of hydrogen-bond acceptors (Lipinski definition) is 6. The van der Waals surface area contributed by atoms with Crippen LogP contribution in [0.4, 0.5) is 5.69 Å². The Kier molecular flexibility index (Phi) is 9.88. The molecule has 0 fully saturated rings. The van der Waals surface area contributed by atoms with Crippen LogP contribution in [0, 0.1) is 6.92 Å². The predicted octanol–water partition coefficient (Wildman–Crippen LogP) is 4.96. The second-order valence-electron chi connectivity index (χ2n) is 7.91. The topological polar surface area (TPSA) is 98.3 Å². The maximum Gasteiger partial charge on any atom is 0.271 e. The van der Waals surface area contributed by atoms with Gasteiger partial charge in [0.05, 0.1) is 19.4 Å². The van der Waals surface area contributed by atoms with Gasteiger partial charge in [0.2, 0.25) is 0 Å². The molecule has 0 saturated carbocycles. The Morgan fingerprint density at radius 3 is 2.33 bits per heavy atom. The van der Waals surface area contributed by atoms with Crippen molar-refractivity contribution in [3.8, 4) is 17.2 Å². The van der Waals surface area contributed by atoms with Crippen LogP contribution in [0.25, 0.3) is 0 Å². The first kappa shape index (κ1) is 26.3. The normalized spacial score (nSPS) is 10.6. The molecule has 36 heavy (non-hydrogen) atoms. The third-order valence-corrected chi connectivity index (χ3v) is 4.93. The van der Waals surface area contributed by atoms with Crippen LogP contribution in [0.3, 0.4) is 0 Å². The maximum atomic E-state index is 12.5. The van der Waals surface area contributed by atoms with Gasteiger partial charge in [-0.15, -0.1) is 0 Å². The molecule has 0 aliphatic heterocycles. The second kappa shape index (κ2) is 13.5. The lowest BCUT2D eigenvalue weighted by Gasteiger charge is -2.12. The van der Waals surface area contributed by atoms with Gasteiger partial charge in [-0.1, -0.05) is 24.6 Å². The quantitative estimate of drug-likeness (QED) is 0.277. The van der Waals surface area contributed by atoms with E-state index in [9.17, 15) is 9.59 Å². The molecule has 0 aliphatic carbocycles.